The standard InChI is InChI=1S/C21H22N6O2S3/c1-12(23-19(29)16-8-5-9-30-16)18-25-26-21(27(18)2)31-11-17(28)24-20-14(10-22)13-6-3-4-7-15(13)32-20/h5,8-9,12H,3-4,6-7,11H2,1-2H3,(H,23,29)(H,24,28)/t12-/m0/s1. The van der Waals surface area contributed by atoms with E-state index in [1.54, 1.807) is 10.6 Å². The highest BCUT2D eigenvalue weighted by molar-refractivity contribution is 7.99. The molecule has 0 radical (unpaired) electrons. The molecule has 0 aliphatic heterocycles. The minimum Gasteiger partial charge on any atom is -0.342 e. The van der Waals surface area contributed by atoms with Crippen LogP contribution >= 0.6 is 34.4 Å². The van der Waals surface area contributed by atoms with Gasteiger partial charge in [-0.2, -0.15) is 5.26 Å². The van der Waals surface area contributed by atoms with Gasteiger partial charge in [-0.25, -0.2) is 0 Å². The van der Waals surface area contributed by atoms with Crippen LogP contribution in [0.1, 0.15) is 57.3 Å². The monoisotopic (exact) mass is 486 g/mol. The van der Waals surface area contributed by atoms with Gasteiger partial charge in [0.05, 0.1) is 22.2 Å². The summed E-state index contributed by atoms with van der Waals surface area (Å²) in [6, 6.07) is 5.53. The van der Waals surface area contributed by atoms with Crippen molar-refractivity contribution in [1.82, 2.24) is 20.1 Å². The fourth-order valence-electron chi connectivity index (χ4n) is 3.63. The Hall–Kier alpha value is -2.68. The molecule has 11 heteroatoms. The van der Waals surface area contributed by atoms with Gasteiger partial charge in [-0.05, 0) is 49.6 Å². The highest BCUT2D eigenvalue weighted by Gasteiger charge is 2.23. The number of thiophene rings is 2. The van der Waals surface area contributed by atoms with Gasteiger partial charge >= 0.3 is 0 Å². The molecule has 166 valence electrons. The highest BCUT2D eigenvalue weighted by atomic mass is 32.2. The van der Waals surface area contributed by atoms with Gasteiger partial charge in [0.15, 0.2) is 11.0 Å². The van der Waals surface area contributed by atoms with Crippen LogP contribution in [0.15, 0.2) is 22.7 Å². The Balaban J connectivity index is 1.36. The third-order valence-corrected chi connectivity index (χ3v) is 8.31. The number of aryl methyl sites for hydroxylation is 1. The van der Waals surface area contributed by atoms with E-state index in [0.717, 1.165) is 31.2 Å². The van der Waals surface area contributed by atoms with Gasteiger partial charge in [0.2, 0.25) is 5.91 Å². The zero-order chi connectivity index (χ0) is 22.7. The van der Waals surface area contributed by atoms with Crippen molar-refractivity contribution >= 4 is 51.3 Å². The number of rotatable bonds is 7. The number of fused-ring (bicyclic) bond motifs is 1. The van der Waals surface area contributed by atoms with Gasteiger partial charge in [-0.3, -0.25) is 9.59 Å². The molecule has 0 saturated heterocycles. The molecule has 0 saturated carbocycles. The maximum absolute atomic E-state index is 12.5. The van der Waals surface area contributed by atoms with Crippen molar-refractivity contribution in [2.24, 2.45) is 7.05 Å². The van der Waals surface area contributed by atoms with Crippen LogP contribution in [0.25, 0.3) is 0 Å². The lowest BCUT2D eigenvalue weighted by atomic mass is 9.96. The van der Waals surface area contributed by atoms with Crippen molar-refractivity contribution in [2.75, 3.05) is 11.1 Å². The Labute approximate surface area is 198 Å². The smallest absolute Gasteiger partial charge is 0.261 e. The summed E-state index contributed by atoms with van der Waals surface area (Å²) in [5, 5.41) is 26.8. The Morgan fingerprint density at radius 2 is 2.16 bits per heavy atom. The van der Waals surface area contributed by atoms with E-state index in [0.29, 0.717) is 26.4 Å². The molecule has 0 aromatic carbocycles. The molecule has 0 unspecified atom stereocenters. The topological polar surface area (TPSA) is 113 Å². The molecule has 32 heavy (non-hydrogen) atoms. The molecule has 0 spiro atoms. The number of nitriles is 1. The van der Waals surface area contributed by atoms with E-state index in [1.807, 2.05) is 25.4 Å². The number of nitrogens with one attached hydrogen (secondary N) is 2. The summed E-state index contributed by atoms with van der Waals surface area (Å²) < 4.78 is 1.78. The predicted octanol–water partition coefficient (Wildman–Crippen LogP) is 3.91. The van der Waals surface area contributed by atoms with Crippen molar-refractivity contribution in [1.29, 1.82) is 5.26 Å². The van der Waals surface area contributed by atoms with Crippen molar-refractivity contribution in [3.63, 3.8) is 0 Å². The van der Waals surface area contributed by atoms with Crippen LogP contribution in [0.3, 0.4) is 0 Å². The lowest BCUT2D eigenvalue weighted by Crippen LogP contribution is -2.27. The molecule has 2 amide bonds. The molecule has 8 nitrogen and oxygen atoms in total. The molecule has 1 atom stereocenters. The summed E-state index contributed by atoms with van der Waals surface area (Å²) in [5.74, 6) is 0.412. The Bertz CT molecular complexity index is 1180. The fourth-order valence-corrected chi connectivity index (χ4v) is 6.23. The second-order valence-corrected chi connectivity index (χ2v) is 10.4. The Morgan fingerprint density at radius 1 is 1.34 bits per heavy atom. The first kappa shape index (κ1) is 22.5. The number of hydrogen-bond donors (Lipinski definition) is 2. The Morgan fingerprint density at radius 3 is 2.91 bits per heavy atom. The molecule has 0 bridgehead atoms. The number of anilines is 1. The molecular formula is C21H22N6O2S3. The molecular weight excluding hydrogens is 464 g/mol. The lowest BCUT2D eigenvalue weighted by molar-refractivity contribution is -0.113. The van der Waals surface area contributed by atoms with E-state index >= 15 is 0 Å². The summed E-state index contributed by atoms with van der Waals surface area (Å²) in [4.78, 5) is 26.7. The van der Waals surface area contributed by atoms with Crippen LogP contribution in [0.2, 0.25) is 0 Å². The van der Waals surface area contributed by atoms with Crippen LogP contribution in [0.5, 0.6) is 0 Å². The van der Waals surface area contributed by atoms with E-state index in [-0.39, 0.29) is 23.6 Å². The second kappa shape index (κ2) is 9.85. The van der Waals surface area contributed by atoms with E-state index in [2.05, 4.69) is 26.9 Å². The largest absolute Gasteiger partial charge is 0.342 e. The van der Waals surface area contributed by atoms with Gasteiger partial charge in [0.25, 0.3) is 5.91 Å². The maximum Gasteiger partial charge on any atom is 0.261 e. The third kappa shape index (κ3) is 4.72. The molecule has 0 fully saturated rings. The fraction of sp³-hybridized carbons (Fsp3) is 0.381. The van der Waals surface area contributed by atoms with Gasteiger partial charge in [-0.1, -0.05) is 17.8 Å². The Kier molecular flexibility index (Phi) is 6.93. The van der Waals surface area contributed by atoms with E-state index < -0.39 is 0 Å². The first-order valence-corrected chi connectivity index (χ1v) is 12.9. The van der Waals surface area contributed by atoms with Gasteiger partial charge < -0.3 is 15.2 Å². The number of carbonyl (C=O) groups is 2. The summed E-state index contributed by atoms with van der Waals surface area (Å²) in [5.41, 5.74) is 1.71. The van der Waals surface area contributed by atoms with Crippen molar-refractivity contribution in [3.05, 3.63) is 44.2 Å². The number of aromatic nitrogens is 3. The predicted molar refractivity (Wildman–Crippen MR) is 126 cm³/mol. The number of carbonyl (C=O) groups excluding carboxylic acids is 2. The molecule has 1 aliphatic rings. The van der Waals surface area contributed by atoms with E-state index in [1.165, 1.54) is 39.3 Å². The van der Waals surface area contributed by atoms with Crippen molar-refractivity contribution in [3.8, 4) is 6.07 Å². The number of thioether (sulfide) groups is 1. The minimum atomic E-state index is -0.332. The number of nitrogens with zero attached hydrogens (tertiary/aromatic N) is 4. The average molecular weight is 487 g/mol. The SMILES string of the molecule is C[C@H](NC(=O)c1cccs1)c1nnc(SCC(=O)Nc2sc3c(c2C#N)CCCC3)n1C. The molecule has 3 aromatic rings. The van der Waals surface area contributed by atoms with Crippen LogP contribution < -0.4 is 10.6 Å². The van der Waals surface area contributed by atoms with E-state index in [9.17, 15) is 14.9 Å². The quantitative estimate of drug-likeness (QED) is 0.490. The van der Waals surface area contributed by atoms with Gasteiger partial charge in [0, 0.05) is 11.9 Å². The summed E-state index contributed by atoms with van der Waals surface area (Å²) in [6.45, 7) is 1.85. The summed E-state index contributed by atoms with van der Waals surface area (Å²) >= 11 is 4.16. The molecule has 4 rings (SSSR count). The molecule has 1 aliphatic carbocycles. The summed E-state index contributed by atoms with van der Waals surface area (Å²) in [7, 11) is 1.81. The van der Waals surface area contributed by atoms with Gasteiger partial charge in [-0.15, -0.1) is 32.9 Å². The zero-order valence-corrected chi connectivity index (χ0v) is 20.1. The first-order valence-electron chi connectivity index (χ1n) is 10.2. The molecule has 3 aromatic heterocycles. The number of amides is 2. The van der Waals surface area contributed by atoms with Crippen LogP contribution in [0.4, 0.5) is 5.00 Å². The van der Waals surface area contributed by atoms with E-state index in [4.69, 9.17) is 0 Å². The highest BCUT2D eigenvalue weighted by Crippen LogP contribution is 2.37. The maximum atomic E-state index is 12.5. The van der Waals surface area contributed by atoms with Crippen molar-refractivity contribution in [2.45, 2.75) is 43.8 Å². The lowest BCUT2D eigenvalue weighted by Gasteiger charge is -2.12. The average Bonchev–Trinajstić information content (AvgIpc) is 3.51. The molecule has 2 N–H and O–H groups in total. The normalized spacial score (nSPS) is 13.8. The van der Waals surface area contributed by atoms with Crippen LogP contribution in [0, 0.1) is 11.3 Å². The van der Waals surface area contributed by atoms with Crippen LogP contribution in [-0.4, -0.2) is 32.3 Å². The zero-order valence-electron chi connectivity index (χ0n) is 17.7. The minimum absolute atomic E-state index is 0.148. The summed E-state index contributed by atoms with van der Waals surface area (Å²) in [6.07, 6.45) is 4.09. The third-order valence-electron chi connectivity index (χ3n) is 5.22. The second-order valence-electron chi connectivity index (χ2n) is 7.44. The van der Waals surface area contributed by atoms with Crippen molar-refractivity contribution < 1.29 is 9.59 Å². The molecule has 3 heterocycles. The van der Waals surface area contributed by atoms with Gasteiger partial charge in [0.1, 0.15) is 11.1 Å². The number of hydrogen-bond acceptors (Lipinski definition) is 8. The first-order chi connectivity index (χ1) is 15.5. The van der Waals surface area contributed by atoms with Crippen LogP contribution in [-0.2, 0) is 24.7 Å².